The highest BCUT2D eigenvalue weighted by Gasteiger charge is 2.21. The zero-order valence-electron chi connectivity index (χ0n) is 11.7. The van der Waals surface area contributed by atoms with E-state index in [1.54, 1.807) is 17.9 Å². The highest BCUT2D eigenvalue weighted by atomic mass is 16.5. The summed E-state index contributed by atoms with van der Waals surface area (Å²) in [5.74, 6) is 0.731. The Bertz CT molecular complexity index is 644. The maximum absolute atomic E-state index is 11.3. The van der Waals surface area contributed by atoms with E-state index in [9.17, 15) is 4.79 Å². The van der Waals surface area contributed by atoms with Crippen LogP contribution in [0, 0.1) is 0 Å². The van der Waals surface area contributed by atoms with Crippen molar-refractivity contribution in [1.29, 1.82) is 0 Å². The second-order valence-corrected chi connectivity index (χ2v) is 4.94. The highest BCUT2D eigenvalue weighted by Crippen LogP contribution is 2.37. The van der Waals surface area contributed by atoms with E-state index in [-0.39, 0.29) is 0 Å². The molecule has 1 saturated heterocycles. The van der Waals surface area contributed by atoms with Crippen LogP contribution in [-0.2, 0) is 7.05 Å². The molecule has 1 fully saturated rings. The van der Waals surface area contributed by atoms with Crippen LogP contribution in [-0.4, -0.2) is 49.4 Å². The molecule has 2 aromatic rings. The molecule has 20 heavy (non-hydrogen) atoms. The fourth-order valence-electron chi connectivity index (χ4n) is 2.75. The summed E-state index contributed by atoms with van der Waals surface area (Å²) >= 11 is 0. The van der Waals surface area contributed by atoms with E-state index in [0.29, 0.717) is 5.56 Å². The van der Waals surface area contributed by atoms with E-state index < -0.39 is 0 Å². The number of carbonyl (C=O) groups excluding carboxylic acids is 1. The Kier molecular flexibility index (Phi) is 3.31. The molecule has 0 amide bonds. The second-order valence-electron chi connectivity index (χ2n) is 4.94. The fraction of sp³-hybridized carbons (Fsp3) is 0.429. The topological polar surface area (TPSA) is 59.4 Å². The number of carbonyl (C=O) groups is 1. The normalized spacial score (nSPS) is 15.6. The van der Waals surface area contributed by atoms with Crippen molar-refractivity contribution in [1.82, 2.24) is 15.1 Å². The van der Waals surface area contributed by atoms with Gasteiger partial charge in [-0.2, -0.15) is 5.10 Å². The zero-order valence-corrected chi connectivity index (χ0v) is 11.7. The molecule has 0 aliphatic carbocycles. The summed E-state index contributed by atoms with van der Waals surface area (Å²) in [4.78, 5) is 13.5. The predicted octanol–water partition coefficient (Wildman–Crippen LogP) is 0.804. The van der Waals surface area contributed by atoms with Crippen molar-refractivity contribution in [3.8, 4) is 5.75 Å². The molecule has 1 aromatic heterocycles. The molecule has 6 heteroatoms. The van der Waals surface area contributed by atoms with Crippen LogP contribution < -0.4 is 15.0 Å². The summed E-state index contributed by atoms with van der Waals surface area (Å²) in [5, 5.41) is 8.71. The van der Waals surface area contributed by atoms with Gasteiger partial charge in [-0.3, -0.25) is 9.48 Å². The van der Waals surface area contributed by atoms with Gasteiger partial charge in [0.15, 0.2) is 6.29 Å². The summed E-state index contributed by atoms with van der Waals surface area (Å²) in [6.45, 7) is 3.72. The molecule has 1 aromatic carbocycles. The van der Waals surface area contributed by atoms with Crippen LogP contribution in [0.3, 0.4) is 0 Å². The predicted molar refractivity (Wildman–Crippen MR) is 77.7 cm³/mol. The molecule has 0 spiro atoms. The molecule has 0 atom stereocenters. The summed E-state index contributed by atoms with van der Waals surface area (Å²) in [5.41, 5.74) is 2.33. The molecular formula is C14H18N4O2. The lowest BCUT2D eigenvalue weighted by Gasteiger charge is -2.31. The first-order valence-electron chi connectivity index (χ1n) is 6.69. The second kappa shape index (κ2) is 5.13. The van der Waals surface area contributed by atoms with Crippen LogP contribution in [0.25, 0.3) is 10.9 Å². The lowest BCUT2D eigenvalue weighted by Crippen LogP contribution is -2.43. The largest absolute Gasteiger partial charge is 0.495 e. The molecule has 0 unspecified atom stereocenters. The van der Waals surface area contributed by atoms with E-state index in [1.165, 1.54) is 0 Å². The monoisotopic (exact) mass is 274 g/mol. The van der Waals surface area contributed by atoms with Crippen molar-refractivity contribution in [2.75, 3.05) is 38.2 Å². The molecule has 6 nitrogen and oxygen atoms in total. The minimum absolute atomic E-state index is 0.566. The Morgan fingerprint density at radius 2 is 2.15 bits per heavy atom. The smallest absolute Gasteiger partial charge is 0.152 e. The number of methoxy groups -OCH3 is 1. The summed E-state index contributed by atoms with van der Waals surface area (Å²) in [7, 11) is 3.50. The van der Waals surface area contributed by atoms with E-state index in [2.05, 4.69) is 15.3 Å². The van der Waals surface area contributed by atoms with Crippen LogP contribution in [0.2, 0.25) is 0 Å². The third kappa shape index (κ3) is 2.02. The van der Waals surface area contributed by atoms with Crippen molar-refractivity contribution in [2.24, 2.45) is 7.05 Å². The van der Waals surface area contributed by atoms with Gasteiger partial charge in [0.05, 0.1) is 12.8 Å². The first kappa shape index (κ1) is 12.9. The number of aryl methyl sites for hydroxylation is 1. The van der Waals surface area contributed by atoms with Gasteiger partial charge in [0, 0.05) is 50.4 Å². The lowest BCUT2D eigenvalue weighted by molar-refractivity contribution is 0.112. The van der Waals surface area contributed by atoms with Gasteiger partial charge < -0.3 is 15.0 Å². The Hall–Kier alpha value is -2.08. The number of piperazine rings is 1. The SMILES string of the molecule is COc1cc(C=O)c2nn(C)cc2c1N1CCNCC1. The molecule has 3 rings (SSSR count). The van der Waals surface area contributed by atoms with Crippen molar-refractivity contribution in [2.45, 2.75) is 0 Å². The number of aromatic nitrogens is 2. The number of rotatable bonds is 3. The minimum atomic E-state index is 0.566. The summed E-state index contributed by atoms with van der Waals surface area (Å²) in [6, 6.07) is 1.78. The maximum atomic E-state index is 11.3. The number of nitrogens with one attached hydrogen (secondary N) is 1. The lowest BCUT2D eigenvalue weighted by atomic mass is 10.1. The van der Waals surface area contributed by atoms with Gasteiger partial charge >= 0.3 is 0 Å². The molecule has 0 bridgehead atoms. The molecule has 1 N–H and O–H groups in total. The number of nitrogens with zero attached hydrogens (tertiary/aromatic N) is 3. The van der Waals surface area contributed by atoms with Gasteiger partial charge in [-0.25, -0.2) is 0 Å². The van der Waals surface area contributed by atoms with Crippen molar-refractivity contribution >= 4 is 22.9 Å². The van der Waals surface area contributed by atoms with E-state index in [1.807, 2.05) is 13.2 Å². The summed E-state index contributed by atoms with van der Waals surface area (Å²) in [6.07, 6.45) is 2.78. The number of hydrogen-bond acceptors (Lipinski definition) is 5. The zero-order chi connectivity index (χ0) is 14.1. The van der Waals surface area contributed by atoms with Gasteiger partial charge in [0.1, 0.15) is 11.3 Å². The molecule has 106 valence electrons. The van der Waals surface area contributed by atoms with E-state index in [4.69, 9.17) is 4.74 Å². The maximum Gasteiger partial charge on any atom is 0.152 e. The minimum Gasteiger partial charge on any atom is -0.495 e. The molecule has 1 aliphatic heterocycles. The van der Waals surface area contributed by atoms with Crippen molar-refractivity contribution in [3.05, 3.63) is 17.8 Å². The first-order valence-corrected chi connectivity index (χ1v) is 6.69. The Morgan fingerprint density at radius 1 is 1.40 bits per heavy atom. The number of ether oxygens (including phenoxy) is 1. The quantitative estimate of drug-likeness (QED) is 0.839. The van der Waals surface area contributed by atoms with Crippen LogP contribution in [0.5, 0.6) is 5.75 Å². The number of benzene rings is 1. The fourth-order valence-corrected chi connectivity index (χ4v) is 2.75. The molecule has 0 radical (unpaired) electrons. The highest BCUT2D eigenvalue weighted by molar-refractivity contribution is 6.04. The standard InChI is InChI=1S/C14H18N4O2/c1-17-8-11-13(16-17)10(9-19)7-12(20-2)14(11)18-5-3-15-4-6-18/h7-9,15H,3-6H2,1-2H3. The molecule has 0 saturated carbocycles. The molecule has 2 heterocycles. The van der Waals surface area contributed by atoms with Crippen LogP contribution in [0.4, 0.5) is 5.69 Å². The van der Waals surface area contributed by atoms with Crippen LogP contribution in [0.15, 0.2) is 12.3 Å². The van der Waals surface area contributed by atoms with Gasteiger partial charge in [-0.15, -0.1) is 0 Å². The number of anilines is 1. The first-order chi connectivity index (χ1) is 9.74. The van der Waals surface area contributed by atoms with E-state index in [0.717, 1.165) is 54.8 Å². The Balaban J connectivity index is 2.24. The van der Waals surface area contributed by atoms with E-state index >= 15 is 0 Å². The number of hydrogen-bond donors (Lipinski definition) is 1. The van der Waals surface area contributed by atoms with Gasteiger partial charge in [-0.05, 0) is 6.07 Å². The van der Waals surface area contributed by atoms with Crippen LogP contribution in [0.1, 0.15) is 10.4 Å². The Morgan fingerprint density at radius 3 is 2.80 bits per heavy atom. The van der Waals surface area contributed by atoms with Gasteiger partial charge in [0.2, 0.25) is 0 Å². The van der Waals surface area contributed by atoms with Crippen molar-refractivity contribution in [3.63, 3.8) is 0 Å². The number of aldehydes is 1. The average Bonchev–Trinajstić information content (AvgIpc) is 2.87. The summed E-state index contributed by atoms with van der Waals surface area (Å²) < 4.78 is 7.24. The average molecular weight is 274 g/mol. The van der Waals surface area contributed by atoms with Gasteiger partial charge in [-0.1, -0.05) is 0 Å². The third-order valence-corrected chi connectivity index (χ3v) is 3.66. The molecular weight excluding hydrogens is 256 g/mol. The number of fused-ring (bicyclic) bond motifs is 1. The third-order valence-electron chi connectivity index (χ3n) is 3.66. The van der Waals surface area contributed by atoms with Crippen LogP contribution >= 0.6 is 0 Å². The molecule has 1 aliphatic rings. The van der Waals surface area contributed by atoms with Crippen molar-refractivity contribution < 1.29 is 9.53 Å². The Labute approximate surface area is 117 Å². The van der Waals surface area contributed by atoms with Gasteiger partial charge in [0.25, 0.3) is 0 Å².